The van der Waals surface area contributed by atoms with Crippen LogP contribution in [0.1, 0.15) is 49.1 Å². The van der Waals surface area contributed by atoms with Crippen LogP contribution in [0.25, 0.3) is 0 Å². The van der Waals surface area contributed by atoms with Gasteiger partial charge in [-0.25, -0.2) is 13.2 Å². The summed E-state index contributed by atoms with van der Waals surface area (Å²) in [5, 5.41) is 0. The molecular weight excluding hydrogens is 572 g/mol. The maximum atomic E-state index is 13.6. The first kappa shape index (κ1) is 30.8. The number of piperidine rings is 1. The van der Waals surface area contributed by atoms with Crippen molar-refractivity contribution in [3.05, 3.63) is 65.7 Å². The summed E-state index contributed by atoms with van der Waals surface area (Å²) in [5.74, 6) is 0.953. The molecule has 3 amide bonds. The number of sulfone groups is 1. The van der Waals surface area contributed by atoms with Gasteiger partial charge in [0.1, 0.15) is 0 Å². The predicted octanol–water partition coefficient (Wildman–Crippen LogP) is 4.26. The monoisotopic (exact) mass is 614 g/mol. The van der Waals surface area contributed by atoms with Crippen molar-refractivity contribution in [1.29, 1.82) is 0 Å². The second kappa shape index (κ2) is 12.5. The second-order valence-corrected chi connectivity index (χ2v) is 14.6. The first-order chi connectivity index (χ1) is 19.7. The Bertz CT molecular complexity index is 1360. The van der Waals surface area contributed by atoms with Gasteiger partial charge < -0.3 is 19.6 Å². The SMILES string of the molecule is CS(=O)(=O)c1ccc(CN2CCC3(CCN(C[C@H]4CN(C(=O)N5CCCC5)C[C@@H]4c4ccccc4)CC3)C2=O)cc1.Cl. The van der Waals surface area contributed by atoms with Crippen LogP contribution in [0.2, 0.25) is 0 Å². The summed E-state index contributed by atoms with van der Waals surface area (Å²) >= 11 is 0. The molecule has 0 aliphatic carbocycles. The molecule has 228 valence electrons. The molecule has 10 heteroatoms. The Hall–Kier alpha value is -2.62. The molecule has 2 aromatic rings. The minimum Gasteiger partial charge on any atom is -0.338 e. The van der Waals surface area contributed by atoms with Crippen molar-refractivity contribution in [2.45, 2.75) is 49.5 Å². The highest BCUT2D eigenvalue weighted by Gasteiger charge is 2.48. The summed E-state index contributed by atoms with van der Waals surface area (Å²) in [6.45, 7) is 7.35. The van der Waals surface area contributed by atoms with E-state index in [0.717, 1.165) is 90.0 Å². The molecule has 0 aromatic heterocycles. The van der Waals surface area contributed by atoms with Crippen molar-refractivity contribution >= 4 is 34.2 Å². The number of halogens is 1. The normalized spacial score (nSPS) is 24.4. The number of carbonyl (C=O) groups excluding carboxylic acids is 2. The highest BCUT2D eigenvalue weighted by atomic mass is 35.5. The van der Waals surface area contributed by atoms with Crippen molar-refractivity contribution in [3.8, 4) is 0 Å². The van der Waals surface area contributed by atoms with Crippen LogP contribution in [-0.2, 0) is 21.2 Å². The third-order valence-electron chi connectivity index (χ3n) is 9.95. The number of benzene rings is 2. The van der Waals surface area contributed by atoms with E-state index < -0.39 is 9.84 Å². The van der Waals surface area contributed by atoms with Crippen LogP contribution in [-0.4, -0.2) is 98.6 Å². The van der Waals surface area contributed by atoms with E-state index >= 15 is 0 Å². The molecule has 4 aliphatic heterocycles. The molecule has 0 N–H and O–H groups in total. The zero-order valence-electron chi connectivity index (χ0n) is 24.5. The van der Waals surface area contributed by atoms with E-state index in [0.29, 0.717) is 23.3 Å². The van der Waals surface area contributed by atoms with E-state index in [2.05, 4.69) is 40.1 Å². The van der Waals surface area contributed by atoms with Crippen LogP contribution in [0.5, 0.6) is 0 Å². The summed E-state index contributed by atoms with van der Waals surface area (Å²) in [4.78, 5) is 35.8. The summed E-state index contributed by atoms with van der Waals surface area (Å²) in [7, 11) is -3.23. The van der Waals surface area contributed by atoms with Gasteiger partial charge in [-0.15, -0.1) is 12.4 Å². The number of amides is 3. The van der Waals surface area contributed by atoms with Crippen molar-refractivity contribution in [3.63, 3.8) is 0 Å². The number of hydrogen-bond acceptors (Lipinski definition) is 5. The topological polar surface area (TPSA) is 81.2 Å². The zero-order chi connectivity index (χ0) is 28.6. The largest absolute Gasteiger partial charge is 0.338 e. The number of carbonyl (C=O) groups is 2. The van der Waals surface area contributed by atoms with Gasteiger partial charge in [0.25, 0.3) is 0 Å². The lowest BCUT2D eigenvalue weighted by Crippen LogP contribution is -2.46. The van der Waals surface area contributed by atoms with E-state index in [-0.39, 0.29) is 29.8 Å². The van der Waals surface area contributed by atoms with E-state index in [1.54, 1.807) is 12.1 Å². The molecular formula is C32H43ClN4O4S. The lowest BCUT2D eigenvalue weighted by molar-refractivity contribution is -0.139. The summed E-state index contributed by atoms with van der Waals surface area (Å²) < 4.78 is 23.6. The highest BCUT2D eigenvalue weighted by molar-refractivity contribution is 7.90. The molecule has 6 rings (SSSR count). The Kier molecular flexibility index (Phi) is 9.21. The van der Waals surface area contributed by atoms with Gasteiger partial charge in [-0.2, -0.15) is 0 Å². The molecule has 2 atom stereocenters. The molecule has 8 nitrogen and oxygen atoms in total. The van der Waals surface area contributed by atoms with Gasteiger partial charge in [0.15, 0.2) is 9.84 Å². The van der Waals surface area contributed by atoms with Gasteiger partial charge >= 0.3 is 6.03 Å². The van der Waals surface area contributed by atoms with Crippen molar-refractivity contribution in [1.82, 2.24) is 19.6 Å². The molecule has 4 aliphatic rings. The van der Waals surface area contributed by atoms with E-state index in [1.165, 1.54) is 11.8 Å². The van der Waals surface area contributed by atoms with Gasteiger partial charge in [0.2, 0.25) is 5.91 Å². The van der Waals surface area contributed by atoms with Crippen LogP contribution in [0.15, 0.2) is 59.5 Å². The quantitative estimate of drug-likeness (QED) is 0.486. The molecule has 4 saturated heterocycles. The van der Waals surface area contributed by atoms with Crippen molar-refractivity contribution < 1.29 is 18.0 Å². The van der Waals surface area contributed by atoms with Crippen LogP contribution < -0.4 is 0 Å². The molecule has 0 bridgehead atoms. The smallest absolute Gasteiger partial charge is 0.320 e. The summed E-state index contributed by atoms with van der Waals surface area (Å²) in [5.41, 5.74) is 1.99. The van der Waals surface area contributed by atoms with Crippen LogP contribution in [0, 0.1) is 11.3 Å². The molecule has 0 radical (unpaired) electrons. The second-order valence-electron chi connectivity index (χ2n) is 12.6. The average molecular weight is 615 g/mol. The molecule has 1 spiro atoms. The van der Waals surface area contributed by atoms with E-state index in [1.807, 2.05) is 21.9 Å². The van der Waals surface area contributed by atoms with Gasteiger partial charge in [-0.3, -0.25) is 4.79 Å². The number of rotatable bonds is 6. The number of urea groups is 1. The van der Waals surface area contributed by atoms with Crippen molar-refractivity contribution in [2.24, 2.45) is 11.3 Å². The zero-order valence-corrected chi connectivity index (χ0v) is 26.1. The molecule has 42 heavy (non-hydrogen) atoms. The van der Waals surface area contributed by atoms with Crippen LogP contribution >= 0.6 is 12.4 Å². The Balaban J connectivity index is 0.00000353. The Labute approximate surface area is 256 Å². The molecule has 0 unspecified atom stereocenters. The number of nitrogens with zero attached hydrogens (tertiary/aromatic N) is 4. The van der Waals surface area contributed by atoms with Crippen molar-refractivity contribution in [2.75, 3.05) is 58.6 Å². The lowest BCUT2D eigenvalue weighted by Gasteiger charge is -2.39. The fourth-order valence-corrected chi connectivity index (χ4v) is 8.09. The number of likely N-dealkylation sites (tertiary alicyclic amines) is 4. The van der Waals surface area contributed by atoms with Crippen LogP contribution in [0.3, 0.4) is 0 Å². The van der Waals surface area contributed by atoms with E-state index in [9.17, 15) is 18.0 Å². The Morgan fingerprint density at radius 3 is 2.14 bits per heavy atom. The predicted molar refractivity (Wildman–Crippen MR) is 165 cm³/mol. The minimum absolute atomic E-state index is 0. The Morgan fingerprint density at radius 2 is 1.50 bits per heavy atom. The van der Waals surface area contributed by atoms with Gasteiger partial charge in [-0.05, 0) is 74.4 Å². The molecule has 4 heterocycles. The third-order valence-corrected chi connectivity index (χ3v) is 11.1. The highest BCUT2D eigenvalue weighted by Crippen LogP contribution is 2.43. The lowest BCUT2D eigenvalue weighted by atomic mass is 9.76. The number of hydrogen-bond donors (Lipinski definition) is 0. The molecule has 4 fully saturated rings. The van der Waals surface area contributed by atoms with Crippen LogP contribution in [0.4, 0.5) is 4.79 Å². The first-order valence-corrected chi connectivity index (χ1v) is 17.0. The maximum absolute atomic E-state index is 13.6. The Morgan fingerprint density at radius 1 is 0.857 bits per heavy atom. The fraction of sp³-hybridized carbons (Fsp3) is 0.562. The fourth-order valence-electron chi connectivity index (χ4n) is 7.46. The summed E-state index contributed by atoms with van der Waals surface area (Å²) in [6, 6.07) is 17.7. The van der Waals surface area contributed by atoms with E-state index in [4.69, 9.17) is 0 Å². The van der Waals surface area contributed by atoms with Gasteiger partial charge in [-0.1, -0.05) is 42.5 Å². The van der Waals surface area contributed by atoms with Gasteiger partial charge in [0, 0.05) is 58.0 Å². The first-order valence-electron chi connectivity index (χ1n) is 15.1. The summed E-state index contributed by atoms with van der Waals surface area (Å²) in [6.07, 6.45) is 6.04. The molecule has 2 aromatic carbocycles. The third kappa shape index (κ3) is 6.33. The minimum atomic E-state index is -3.23. The maximum Gasteiger partial charge on any atom is 0.320 e. The molecule has 0 saturated carbocycles. The van der Waals surface area contributed by atoms with Gasteiger partial charge in [0.05, 0.1) is 10.3 Å². The standard InChI is InChI=1S/C32H42N4O4S.ClH/c1-41(39,40)28-11-9-25(10-12-28)21-35-20-15-32(30(35)37)13-18-33(19-14-32)22-27-23-36(31(38)34-16-5-6-17-34)24-29(27)26-7-3-2-4-8-26;/h2-4,7-12,27,29H,5-6,13-24H2,1H3;1H/t27-,29+;/m0./s1. The average Bonchev–Trinajstić information content (AvgIpc) is 3.72.